The van der Waals surface area contributed by atoms with Crippen molar-refractivity contribution in [2.75, 3.05) is 0 Å². The second-order valence-electron chi connectivity index (χ2n) is 10.2. The summed E-state index contributed by atoms with van der Waals surface area (Å²) in [6.45, 7) is 3.66. The molecule has 0 heterocycles. The second-order valence-corrected chi connectivity index (χ2v) is 10.2. The van der Waals surface area contributed by atoms with Gasteiger partial charge in [0.25, 0.3) is 6.17 Å². The first-order chi connectivity index (χ1) is 17.5. The molecule has 0 aliphatic heterocycles. The lowest BCUT2D eigenvalue weighted by atomic mass is 9.79. The lowest BCUT2D eigenvalue weighted by Crippen LogP contribution is -2.45. The first kappa shape index (κ1) is 29.1. The van der Waals surface area contributed by atoms with E-state index in [0.29, 0.717) is 11.5 Å². The number of hydrogen-bond donors (Lipinski definition) is 0. The predicted octanol–water partition coefficient (Wildman–Crippen LogP) is 10.3. The van der Waals surface area contributed by atoms with Crippen LogP contribution in [-0.4, -0.2) is 18.5 Å². The average molecular weight is 527 g/mol. The van der Waals surface area contributed by atoms with E-state index in [4.69, 9.17) is 0 Å². The molecule has 0 aromatic heterocycles. The number of unbranched alkanes of at least 4 members (excludes halogenated alkanes) is 3. The molecule has 1 nitrogen and oxygen atoms in total. The Morgan fingerprint density at radius 3 is 2.14 bits per heavy atom. The van der Waals surface area contributed by atoms with Crippen LogP contribution in [0.15, 0.2) is 48.5 Å². The Kier molecular flexibility index (Phi) is 10.1. The molecule has 2 aromatic rings. The fourth-order valence-corrected chi connectivity index (χ4v) is 4.90. The minimum Gasteiger partial charge on any atom is -0.430 e. The number of allylic oxidation sites excluding steroid dienone is 1. The van der Waals surface area contributed by atoms with Crippen LogP contribution in [0.25, 0.3) is 17.2 Å². The maximum atomic E-state index is 13.6. The third kappa shape index (κ3) is 8.54. The molecule has 0 N–H and O–H groups in total. The summed E-state index contributed by atoms with van der Waals surface area (Å²) in [7, 11) is 0. The number of rotatable bonds is 11. The van der Waals surface area contributed by atoms with E-state index < -0.39 is 24.2 Å². The van der Waals surface area contributed by atoms with E-state index in [1.165, 1.54) is 76.8 Å². The standard InChI is InChI=1S/C30H36F6O/c1-3-4-5-6-7-22-8-10-23(11-9-22)12-13-24-14-16-25(17-15-24)26-18-19-27(21(2)20-26)37-30(35,36)28(31)29(32,33)34/h12-20,22-23,28H,3-11H2,1-2H3/b13-12+. The average Bonchev–Trinajstić information content (AvgIpc) is 2.86. The van der Waals surface area contributed by atoms with E-state index in [2.05, 4.69) is 23.8 Å². The summed E-state index contributed by atoms with van der Waals surface area (Å²) in [5.74, 6) is 0.965. The van der Waals surface area contributed by atoms with Crippen LogP contribution in [0, 0.1) is 18.8 Å². The van der Waals surface area contributed by atoms with Gasteiger partial charge < -0.3 is 4.74 Å². The van der Waals surface area contributed by atoms with Gasteiger partial charge in [-0.25, -0.2) is 4.39 Å². The maximum Gasteiger partial charge on any atom is 0.439 e. The minimum absolute atomic E-state index is 0.177. The van der Waals surface area contributed by atoms with Crippen molar-refractivity contribution in [3.8, 4) is 16.9 Å². The SMILES string of the molecule is CCCCCCC1CCC(/C=C/c2ccc(-c3ccc(OC(F)(F)C(F)C(F)(F)F)c(C)c3)cc2)CC1. The fourth-order valence-electron chi connectivity index (χ4n) is 4.90. The monoisotopic (exact) mass is 526 g/mol. The van der Waals surface area contributed by atoms with Crippen LogP contribution in [0.5, 0.6) is 5.75 Å². The van der Waals surface area contributed by atoms with Gasteiger partial charge in [0.2, 0.25) is 0 Å². The quantitative estimate of drug-likeness (QED) is 0.209. The summed E-state index contributed by atoms with van der Waals surface area (Å²) in [5, 5.41) is 0. The van der Waals surface area contributed by atoms with E-state index in [1.54, 1.807) is 0 Å². The molecule has 204 valence electrons. The van der Waals surface area contributed by atoms with Crippen LogP contribution in [0.4, 0.5) is 26.3 Å². The van der Waals surface area contributed by atoms with Crippen molar-refractivity contribution < 1.29 is 31.1 Å². The predicted molar refractivity (Wildman–Crippen MR) is 136 cm³/mol. The molecular weight excluding hydrogens is 490 g/mol. The Balaban J connectivity index is 1.55. The van der Waals surface area contributed by atoms with Crippen molar-refractivity contribution in [3.63, 3.8) is 0 Å². The summed E-state index contributed by atoms with van der Waals surface area (Å²) >= 11 is 0. The lowest BCUT2D eigenvalue weighted by molar-refractivity contribution is -0.305. The molecule has 7 heteroatoms. The van der Waals surface area contributed by atoms with E-state index in [1.807, 2.05) is 24.3 Å². The zero-order valence-electron chi connectivity index (χ0n) is 21.5. The number of aryl methyl sites for hydroxylation is 1. The van der Waals surface area contributed by atoms with Crippen LogP contribution in [0.3, 0.4) is 0 Å². The molecule has 2 aromatic carbocycles. The molecule has 1 fully saturated rings. The van der Waals surface area contributed by atoms with Crippen molar-refractivity contribution in [2.24, 2.45) is 11.8 Å². The first-order valence-electron chi connectivity index (χ1n) is 13.2. The van der Waals surface area contributed by atoms with Crippen molar-refractivity contribution in [2.45, 2.75) is 90.1 Å². The smallest absolute Gasteiger partial charge is 0.430 e. The number of ether oxygens (including phenoxy) is 1. The fraction of sp³-hybridized carbons (Fsp3) is 0.533. The number of hydrogen-bond acceptors (Lipinski definition) is 1. The van der Waals surface area contributed by atoms with Crippen LogP contribution >= 0.6 is 0 Å². The molecule has 3 rings (SSSR count). The van der Waals surface area contributed by atoms with Gasteiger partial charge in [-0.05, 0) is 78.8 Å². The molecule has 0 spiro atoms. The highest BCUT2D eigenvalue weighted by molar-refractivity contribution is 5.67. The molecule has 0 bridgehead atoms. The largest absolute Gasteiger partial charge is 0.439 e. The maximum absolute atomic E-state index is 13.6. The summed E-state index contributed by atoms with van der Waals surface area (Å²) in [4.78, 5) is 0. The molecule has 1 unspecified atom stereocenters. The molecule has 1 aliphatic rings. The Hall–Kier alpha value is -2.44. The number of benzene rings is 2. The van der Waals surface area contributed by atoms with Crippen LogP contribution in [0.1, 0.15) is 75.8 Å². The van der Waals surface area contributed by atoms with Crippen LogP contribution in [0.2, 0.25) is 0 Å². The zero-order valence-corrected chi connectivity index (χ0v) is 21.5. The number of alkyl halides is 6. The van der Waals surface area contributed by atoms with Crippen LogP contribution < -0.4 is 4.74 Å². The summed E-state index contributed by atoms with van der Waals surface area (Å²) in [5.41, 5.74) is 2.74. The highest BCUT2D eigenvalue weighted by Gasteiger charge is 2.59. The van der Waals surface area contributed by atoms with Crippen LogP contribution in [-0.2, 0) is 0 Å². The Morgan fingerprint density at radius 1 is 0.892 bits per heavy atom. The van der Waals surface area contributed by atoms with Gasteiger partial charge in [0.05, 0.1) is 0 Å². The minimum atomic E-state index is -5.72. The van der Waals surface area contributed by atoms with Gasteiger partial charge in [-0.15, -0.1) is 0 Å². The highest BCUT2D eigenvalue weighted by Crippen LogP contribution is 2.38. The van der Waals surface area contributed by atoms with Gasteiger partial charge >= 0.3 is 12.3 Å². The molecule has 0 amide bonds. The third-order valence-corrected chi connectivity index (χ3v) is 7.17. The Labute approximate surface area is 215 Å². The molecule has 1 atom stereocenters. The summed E-state index contributed by atoms with van der Waals surface area (Å²) in [6, 6.07) is 11.9. The van der Waals surface area contributed by atoms with Crippen molar-refractivity contribution in [1.82, 2.24) is 0 Å². The van der Waals surface area contributed by atoms with Gasteiger partial charge in [0.15, 0.2) is 0 Å². The van der Waals surface area contributed by atoms with E-state index in [9.17, 15) is 26.3 Å². The van der Waals surface area contributed by atoms with Crippen molar-refractivity contribution in [1.29, 1.82) is 0 Å². The number of halogens is 6. The summed E-state index contributed by atoms with van der Waals surface area (Å²) in [6.07, 6.45) is 0.989. The first-order valence-corrected chi connectivity index (χ1v) is 13.2. The molecule has 0 saturated heterocycles. The van der Waals surface area contributed by atoms with Gasteiger partial charge in [-0.1, -0.05) is 81.5 Å². The van der Waals surface area contributed by atoms with E-state index >= 15 is 0 Å². The zero-order chi connectivity index (χ0) is 27.1. The molecule has 37 heavy (non-hydrogen) atoms. The van der Waals surface area contributed by atoms with E-state index in [-0.39, 0.29) is 5.56 Å². The normalized spacial score (nSPS) is 19.8. The van der Waals surface area contributed by atoms with Gasteiger partial charge in [-0.3, -0.25) is 0 Å². The van der Waals surface area contributed by atoms with Gasteiger partial charge in [0.1, 0.15) is 5.75 Å². The Bertz CT molecular complexity index is 1000. The van der Waals surface area contributed by atoms with Crippen molar-refractivity contribution >= 4 is 6.08 Å². The Morgan fingerprint density at radius 2 is 1.54 bits per heavy atom. The van der Waals surface area contributed by atoms with Gasteiger partial charge in [-0.2, -0.15) is 22.0 Å². The van der Waals surface area contributed by atoms with E-state index in [0.717, 1.165) is 23.1 Å². The topological polar surface area (TPSA) is 9.23 Å². The molecule has 1 aliphatic carbocycles. The summed E-state index contributed by atoms with van der Waals surface area (Å²) < 4.78 is 81.6. The molecular formula is C30H36F6O. The second kappa shape index (κ2) is 12.9. The molecule has 1 saturated carbocycles. The van der Waals surface area contributed by atoms with Crippen molar-refractivity contribution in [3.05, 3.63) is 59.7 Å². The third-order valence-electron chi connectivity index (χ3n) is 7.17. The lowest BCUT2D eigenvalue weighted by Gasteiger charge is -2.26. The highest BCUT2D eigenvalue weighted by atomic mass is 19.4. The molecule has 0 radical (unpaired) electrons. The van der Waals surface area contributed by atoms with Gasteiger partial charge in [0, 0.05) is 0 Å².